The molecule has 0 spiro atoms. The Bertz CT molecular complexity index is 494. The smallest absolute Gasteiger partial charge is 0.311 e. The molecule has 0 atom stereocenters. The highest BCUT2D eigenvalue weighted by molar-refractivity contribution is 5.73. The Balaban J connectivity index is 1.94. The van der Waals surface area contributed by atoms with Crippen LogP contribution in [0.4, 0.5) is 0 Å². The van der Waals surface area contributed by atoms with Gasteiger partial charge in [-0.15, -0.1) is 0 Å². The molecule has 0 unspecified atom stereocenters. The van der Waals surface area contributed by atoms with E-state index in [2.05, 4.69) is 6.92 Å². The Morgan fingerprint density at radius 2 is 1.96 bits per heavy atom. The van der Waals surface area contributed by atoms with Crippen LogP contribution in [0.3, 0.4) is 0 Å². The largest absolute Gasteiger partial charge is 0.493 e. The third kappa shape index (κ3) is 5.52. The van der Waals surface area contributed by atoms with Gasteiger partial charge in [0, 0.05) is 12.0 Å². The van der Waals surface area contributed by atoms with Crippen LogP contribution >= 0.6 is 0 Å². The van der Waals surface area contributed by atoms with E-state index in [0.717, 1.165) is 37.7 Å². The first-order valence-corrected chi connectivity index (χ1v) is 8.36. The highest BCUT2D eigenvalue weighted by atomic mass is 16.7. The van der Waals surface area contributed by atoms with Crippen molar-refractivity contribution >= 4 is 5.97 Å². The number of hydrogen-bond acceptors (Lipinski definition) is 5. The molecule has 1 aromatic carbocycles. The summed E-state index contributed by atoms with van der Waals surface area (Å²) in [6.45, 7) is 3.51. The highest BCUT2D eigenvalue weighted by Crippen LogP contribution is 2.33. The van der Waals surface area contributed by atoms with Gasteiger partial charge in [0.1, 0.15) is 0 Å². The molecule has 128 valence electrons. The lowest BCUT2D eigenvalue weighted by Gasteiger charge is -2.24. The van der Waals surface area contributed by atoms with Gasteiger partial charge in [0.25, 0.3) is 0 Å². The Hall–Kier alpha value is -1.59. The standard InChI is InChI=1S/C18H26O5/c1-3-4-5-6-8-17(19)23-15-10-9-14(13-16(15)20-2)18-21-11-7-12-22-18/h9-10,13,18H,3-8,11-12H2,1-2H3. The third-order valence-corrected chi connectivity index (χ3v) is 3.75. The van der Waals surface area contributed by atoms with E-state index < -0.39 is 0 Å². The molecule has 0 N–H and O–H groups in total. The second kappa shape index (κ2) is 9.53. The van der Waals surface area contributed by atoms with Crippen LogP contribution in [0.5, 0.6) is 11.5 Å². The van der Waals surface area contributed by atoms with Crippen LogP contribution < -0.4 is 9.47 Å². The van der Waals surface area contributed by atoms with E-state index in [4.69, 9.17) is 18.9 Å². The molecule has 0 aliphatic carbocycles. The van der Waals surface area contributed by atoms with Crippen molar-refractivity contribution in [3.05, 3.63) is 23.8 Å². The summed E-state index contributed by atoms with van der Waals surface area (Å²) in [5.41, 5.74) is 0.865. The zero-order chi connectivity index (χ0) is 16.5. The predicted octanol–water partition coefficient (Wildman–Crippen LogP) is 4.01. The van der Waals surface area contributed by atoms with Gasteiger partial charge in [0.15, 0.2) is 17.8 Å². The molecule has 5 nitrogen and oxygen atoms in total. The molecule has 0 radical (unpaired) electrons. The highest BCUT2D eigenvalue weighted by Gasteiger charge is 2.19. The van der Waals surface area contributed by atoms with Crippen LogP contribution in [0.15, 0.2) is 18.2 Å². The number of carbonyl (C=O) groups is 1. The number of ether oxygens (including phenoxy) is 4. The summed E-state index contributed by atoms with van der Waals surface area (Å²) < 4.78 is 21.9. The molecule has 0 amide bonds. The van der Waals surface area contributed by atoms with Crippen molar-refractivity contribution in [2.45, 2.75) is 51.7 Å². The fraction of sp³-hybridized carbons (Fsp3) is 0.611. The average molecular weight is 322 g/mol. The lowest BCUT2D eigenvalue weighted by atomic mass is 10.1. The minimum atomic E-state index is -0.378. The van der Waals surface area contributed by atoms with Crippen molar-refractivity contribution in [1.82, 2.24) is 0 Å². The molecule has 5 heteroatoms. The zero-order valence-corrected chi connectivity index (χ0v) is 14.0. The van der Waals surface area contributed by atoms with Crippen molar-refractivity contribution in [3.63, 3.8) is 0 Å². The summed E-state index contributed by atoms with van der Waals surface area (Å²) in [4.78, 5) is 11.9. The fourth-order valence-corrected chi connectivity index (χ4v) is 2.47. The maximum atomic E-state index is 11.9. The molecule has 1 fully saturated rings. The number of methoxy groups -OCH3 is 1. The van der Waals surface area contributed by atoms with E-state index in [1.807, 2.05) is 6.07 Å². The summed E-state index contributed by atoms with van der Waals surface area (Å²) in [5, 5.41) is 0. The molecule has 1 heterocycles. The van der Waals surface area contributed by atoms with Gasteiger partial charge in [-0.05, 0) is 31.0 Å². The number of carbonyl (C=O) groups excluding carboxylic acids is 1. The van der Waals surface area contributed by atoms with E-state index >= 15 is 0 Å². The molecule has 0 saturated carbocycles. The minimum absolute atomic E-state index is 0.225. The second-order valence-corrected chi connectivity index (χ2v) is 5.62. The van der Waals surface area contributed by atoms with Crippen molar-refractivity contribution in [3.8, 4) is 11.5 Å². The van der Waals surface area contributed by atoms with E-state index in [1.165, 1.54) is 0 Å². The first-order valence-electron chi connectivity index (χ1n) is 8.36. The van der Waals surface area contributed by atoms with Gasteiger partial charge < -0.3 is 18.9 Å². The average Bonchev–Trinajstić information content (AvgIpc) is 2.60. The Labute approximate surface area is 137 Å². The summed E-state index contributed by atoms with van der Waals surface area (Å²) in [5.74, 6) is 0.729. The summed E-state index contributed by atoms with van der Waals surface area (Å²) >= 11 is 0. The Morgan fingerprint density at radius 3 is 2.65 bits per heavy atom. The number of hydrogen-bond donors (Lipinski definition) is 0. The van der Waals surface area contributed by atoms with Crippen LogP contribution in [-0.4, -0.2) is 26.3 Å². The SMILES string of the molecule is CCCCCCC(=O)Oc1ccc(C2OCCCO2)cc1OC. The molecule has 1 aliphatic heterocycles. The van der Waals surface area contributed by atoms with Crippen LogP contribution in [0.1, 0.15) is 57.3 Å². The molecule has 0 aromatic heterocycles. The summed E-state index contributed by atoms with van der Waals surface area (Å²) in [6.07, 6.45) is 5.16. The topological polar surface area (TPSA) is 54.0 Å². The first-order chi connectivity index (χ1) is 11.2. The van der Waals surface area contributed by atoms with Gasteiger partial charge in [0.05, 0.1) is 20.3 Å². The third-order valence-electron chi connectivity index (χ3n) is 3.75. The molecule has 2 rings (SSSR count). The van der Waals surface area contributed by atoms with Gasteiger partial charge in [-0.1, -0.05) is 26.2 Å². The van der Waals surface area contributed by atoms with Crippen molar-refractivity contribution in [2.75, 3.05) is 20.3 Å². The number of esters is 1. The van der Waals surface area contributed by atoms with E-state index in [-0.39, 0.29) is 12.3 Å². The van der Waals surface area contributed by atoms with Crippen LogP contribution in [0, 0.1) is 0 Å². The Kier molecular flexibility index (Phi) is 7.36. The van der Waals surface area contributed by atoms with Crippen LogP contribution in [0.25, 0.3) is 0 Å². The van der Waals surface area contributed by atoms with Crippen molar-refractivity contribution in [1.29, 1.82) is 0 Å². The monoisotopic (exact) mass is 322 g/mol. The lowest BCUT2D eigenvalue weighted by Crippen LogP contribution is -2.17. The maximum absolute atomic E-state index is 11.9. The van der Waals surface area contributed by atoms with Crippen LogP contribution in [-0.2, 0) is 14.3 Å². The molecule has 23 heavy (non-hydrogen) atoms. The van der Waals surface area contributed by atoms with E-state index in [9.17, 15) is 4.79 Å². The van der Waals surface area contributed by atoms with Gasteiger partial charge in [-0.3, -0.25) is 4.79 Å². The van der Waals surface area contributed by atoms with Gasteiger partial charge in [-0.25, -0.2) is 0 Å². The molecular weight excluding hydrogens is 296 g/mol. The normalized spacial score (nSPS) is 15.4. The number of rotatable bonds is 8. The molecule has 0 bridgehead atoms. The number of benzene rings is 1. The Morgan fingerprint density at radius 1 is 1.17 bits per heavy atom. The lowest BCUT2D eigenvalue weighted by molar-refractivity contribution is -0.183. The summed E-state index contributed by atoms with van der Waals surface area (Å²) in [7, 11) is 1.56. The van der Waals surface area contributed by atoms with Gasteiger partial charge >= 0.3 is 5.97 Å². The molecular formula is C18H26O5. The number of unbranched alkanes of at least 4 members (excludes halogenated alkanes) is 3. The van der Waals surface area contributed by atoms with Gasteiger partial charge in [-0.2, -0.15) is 0 Å². The van der Waals surface area contributed by atoms with E-state index in [1.54, 1.807) is 19.2 Å². The summed E-state index contributed by atoms with van der Waals surface area (Å²) in [6, 6.07) is 5.38. The maximum Gasteiger partial charge on any atom is 0.311 e. The minimum Gasteiger partial charge on any atom is -0.493 e. The van der Waals surface area contributed by atoms with Gasteiger partial charge in [0.2, 0.25) is 0 Å². The molecule has 1 aliphatic rings. The quantitative estimate of drug-likeness (QED) is 0.411. The van der Waals surface area contributed by atoms with E-state index in [0.29, 0.717) is 31.1 Å². The fourth-order valence-electron chi connectivity index (χ4n) is 2.47. The van der Waals surface area contributed by atoms with Crippen molar-refractivity contribution < 1.29 is 23.7 Å². The molecule has 1 aromatic rings. The zero-order valence-electron chi connectivity index (χ0n) is 14.0. The second-order valence-electron chi connectivity index (χ2n) is 5.62. The first kappa shape index (κ1) is 17.8. The molecule has 1 saturated heterocycles. The van der Waals surface area contributed by atoms with Crippen LogP contribution in [0.2, 0.25) is 0 Å². The predicted molar refractivity (Wildman–Crippen MR) is 86.7 cm³/mol. The van der Waals surface area contributed by atoms with Crippen molar-refractivity contribution in [2.24, 2.45) is 0 Å².